The summed E-state index contributed by atoms with van der Waals surface area (Å²) in [5.41, 5.74) is 0.736. The second kappa shape index (κ2) is 8.76. The molecule has 1 aliphatic rings. The van der Waals surface area contributed by atoms with Gasteiger partial charge in [-0.15, -0.1) is 10.2 Å². The summed E-state index contributed by atoms with van der Waals surface area (Å²) in [4.78, 5) is 22.5. The molecule has 3 aromatic rings. The first-order valence-electron chi connectivity index (χ1n) is 10.00. The zero-order valence-corrected chi connectivity index (χ0v) is 17.6. The van der Waals surface area contributed by atoms with Gasteiger partial charge in [-0.05, 0) is 51.0 Å². The minimum absolute atomic E-state index is 0.0198. The number of rotatable bonds is 5. The van der Waals surface area contributed by atoms with Gasteiger partial charge in [-0.25, -0.2) is 4.79 Å². The molecule has 4 heterocycles. The minimum Gasteiger partial charge on any atom is -0.444 e. The van der Waals surface area contributed by atoms with Crippen LogP contribution in [0.2, 0.25) is 0 Å². The number of piperidine rings is 1. The van der Waals surface area contributed by atoms with E-state index in [1.807, 2.05) is 20.8 Å². The maximum atomic E-state index is 12.1. The van der Waals surface area contributed by atoms with Crippen LogP contribution in [0.1, 0.15) is 39.4 Å². The van der Waals surface area contributed by atoms with Crippen molar-refractivity contribution in [3.63, 3.8) is 0 Å². The molecular weight excluding hydrogens is 404 g/mol. The first kappa shape index (κ1) is 20.8. The highest BCUT2D eigenvalue weighted by Crippen LogP contribution is 2.22. The van der Waals surface area contributed by atoms with Crippen molar-refractivity contribution >= 4 is 6.09 Å². The highest BCUT2D eigenvalue weighted by Gasteiger charge is 2.27. The van der Waals surface area contributed by atoms with Crippen LogP contribution in [0.25, 0.3) is 23.0 Å². The molecule has 0 aliphatic carbocycles. The Morgan fingerprint density at radius 2 is 2.13 bits per heavy atom. The number of aromatic nitrogens is 7. The van der Waals surface area contributed by atoms with E-state index in [0.29, 0.717) is 41.9 Å². The van der Waals surface area contributed by atoms with E-state index in [-0.39, 0.29) is 18.8 Å². The number of H-pyrrole nitrogens is 1. The summed E-state index contributed by atoms with van der Waals surface area (Å²) in [5.74, 6) is 1.18. The van der Waals surface area contributed by atoms with Crippen molar-refractivity contribution in [2.45, 2.75) is 51.9 Å². The fourth-order valence-electron chi connectivity index (χ4n) is 3.11. The lowest BCUT2D eigenvalue weighted by atomic mass is 10.1. The van der Waals surface area contributed by atoms with E-state index in [1.165, 1.54) is 0 Å². The average Bonchev–Trinajstić information content (AvgIpc) is 3.44. The lowest BCUT2D eigenvalue weighted by molar-refractivity contribution is -0.0190. The summed E-state index contributed by atoms with van der Waals surface area (Å²) in [6.45, 7) is 6.98. The molecule has 1 amide bonds. The summed E-state index contributed by atoms with van der Waals surface area (Å²) >= 11 is 0. The van der Waals surface area contributed by atoms with Crippen LogP contribution in [0.3, 0.4) is 0 Å². The van der Waals surface area contributed by atoms with E-state index in [0.717, 1.165) is 12.8 Å². The van der Waals surface area contributed by atoms with Crippen LogP contribution in [0.15, 0.2) is 22.9 Å². The van der Waals surface area contributed by atoms with Gasteiger partial charge in [0.25, 0.3) is 5.89 Å². The molecule has 1 aliphatic heterocycles. The van der Waals surface area contributed by atoms with Gasteiger partial charge in [0.15, 0.2) is 5.82 Å². The van der Waals surface area contributed by atoms with Gasteiger partial charge >= 0.3 is 6.09 Å². The SMILES string of the molecule is CC(C)(C)OC(=O)N1CCC(OCc2noc(-c3ccnc(-c4nn[nH]n4)c3)n2)CC1. The van der Waals surface area contributed by atoms with Crippen LogP contribution >= 0.6 is 0 Å². The molecule has 12 nitrogen and oxygen atoms in total. The predicted octanol–water partition coefficient (Wildman–Crippen LogP) is 2.23. The van der Waals surface area contributed by atoms with E-state index < -0.39 is 5.60 Å². The second-order valence-corrected chi connectivity index (χ2v) is 8.16. The Morgan fingerprint density at radius 3 is 2.84 bits per heavy atom. The van der Waals surface area contributed by atoms with Crippen molar-refractivity contribution in [1.82, 2.24) is 40.6 Å². The number of ether oxygens (including phenoxy) is 2. The summed E-state index contributed by atoms with van der Waals surface area (Å²) < 4.78 is 16.7. The van der Waals surface area contributed by atoms with Crippen molar-refractivity contribution in [3.05, 3.63) is 24.2 Å². The third-order valence-corrected chi connectivity index (χ3v) is 4.59. The lowest BCUT2D eigenvalue weighted by Crippen LogP contribution is -2.43. The molecule has 0 bridgehead atoms. The van der Waals surface area contributed by atoms with Crippen molar-refractivity contribution < 1.29 is 18.8 Å². The number of pyridine rings is 1. The number of carbonyl (C=O) groups is 1. The van der Waals surface area contributed by atoms with Crippen molar-refractivity contribution in [2.24, 2.45) is 0 Å². The number of carbonyl (C=O) groups excluding carboxylic acids is 1. The third-order valence-electron chi connectivity index (χ3n) is 4.59. The molecule has 0 spiro atoms. The Hall–Kier alpha value is -3.41. The first-order valence-corrected chi connectivity index (χ1v) is 10.00. The van der Waals surface area contributed by atoms with Crippen molar-refractivity contribution in [3.8, 4) is 23.0 Å². The molecule has 4 rings (SSSR count). The zero-order valence-electron chi connectivity index (χ0n) is 17.6. The first-order chi connectivity index (χ1) is 14.9. The fraction of sp³-hybridized carbons (Fsp3) is 0.526. The summed E-state index contributed by atoms with van der Waals surface area (Å²) in [7, 11) is 0. The average molecular weight is 428 g/mol. The molecule has 0 aromatic carbocycles. The third kappa shape index (κ3) is 5.40. The van der Waals surface area contributed by atoms with Crippen LogP contribution in [-0.4, -0.2) is 71.5 Å². The summed E-state index contributed by atoms with van der Waals surface area (Å²) in [6.07, 6.45) is 2.79. The lowest BCUT2D eigenvalue weighted by Gasteiger charge is -2.33. The normalized spacial score (nSPS) is 15.3. The van der Waals surface area contributed by atoms with Gasteiger partial charge in [0.2, 0.25) is 5.82 Å². The second-order valence-electron chi connectivity index (χ2n) is 8.16. The topological polar surface area (TPSA) is 145 Å². The monoisotopic (exact) mass is 428 g/mol. The number of aromatic amines is 1. The highest BCUT2D eigenvalue weighted by atomic mass is 16.6. The molecule has 0 unspecified atom stereocenters. The molecule has 3 aromatic heterocycles. The predicted molar refractivity (Wildman–Crippen MR) is 106 cm³/mol. The number of amides is 1. The van der Waals surface area contributed by atoms with Gasteiger partial charge < -0.3 is 18.9 Å². The number of tetrazole rings is 1. The molecule has 31 heavy (non-hydrogen) atoms. The van der Waals surface area contributed by atoms with Crippen LogP contribution in [0.5, 0.6) is 0 Å². The molecule has 1 saturated heterocycles. The van der Waals surface area contributed by atoms with Crippen LogP contribution < -0.4 is 0 Å². The van der Waals surface area contributed by atoms with Gasteiger partial charge in [0.05, 0.1) is 6.10 Å². The Balaban J connectivity index is 1.29. The summed E-state index contributed by atoms with van der Waals surface area (Å²) in [6, 6.07) is 3.50. The number of nitrogens with one attached hydrogen (secondary N) is 1. The van der Waals surface area contributed by atoms with E-state index in [1.54, 1.807) is 23.2 Å². The molecule has 0 saturated carbocycles. The summed E-state index contributed by atoms with van der Waals surface area (Å²) in [5, 5.41) is 17.7. The molecule has 0 radical (unpaired) electrons. The molecule has 12 heteroatoms. The Labute approximate surface area is 178 Å². The van der Waals surface area contributed by atoms with E-state index in [9.17, 15) is 4.79 Å². The van der Waals surface area contributed by atoms with Gasteiger partial charge in [-0.2, -0.15) is 10.2 Å². The largest absolute Gasteiger partial charge is 0.444 e. The van der Waals surface area contributed by atoms with E-state index in [4.69, 9.17) is 14.0 Å². The van der Waals surface area contributed by atoms with Crippen molar-refractivity contribution in [2.75, 3.05) is 13.1 Å². The molecule has 164 valence electrons. The van der Waals surface area contributed by atoms with E-state index in [2.05, 4.69) is 35.7 Å². The number of nitrogens with zero attached hydrogens (tertiary/aromatic N) is 7. The molecule has 1 N–H and O–H groups in total. The van der Waals surface area contributed by atoms with Gasteiger partial charge in [0.1, 0.15) is 17.9 Å². The van der Waals surface area contributed by atoms with Crippen LogP contribution in [-0.2, 0) is 16.1 Å². The van der Waals surface area contributed by atoms with Gasteiger partial charge in [-0.3, -0.25) is 4.98 Å². The number of hydrogen-bond donors (Lipinski definition) is 1. The maximum absolute atomic E-state index is 12.1. The van der Waals surface area contributed by atoms with E-state index >= 15 is 0 Å². The maximum Gasteiger partial charge on any atom is 0.410 e. The smallest absolute Gasteiger partial charge is 0.410 e. The zero-order chi connectivity index (χ0) is 21.8. The Kier molecular flexibility index (Phi) is 5.89. The van der Waals surface area contributed by atoms with Gasteiger partial charge in [0, 0.05) is 24.8 Å². The highest BCUT2D eigenvalue weighted by molar-refractivity contribution is 5.68. The van der Waals surface area contributed by atoms with Crippen molar-refractivity contribution in [1.29, 1.82) is 0 Å². The Morgan fingerprint density at radius 1 is 1.32 bits per heavy atom. The molecular formula is C19H24N8O4. The molecule has 1 fully saturated rings. The minimum atomic E-state index is -0.498. The van der Waals surface area contributed by atoms with Crippen LogP contribution in [0.4, 0.5) is 4.79 Å². The quantitative estimate of drug-likeness (QED) is 0.642. The standard InChI is InChI=1S/C19H24N8O4/c1-19(2,3)30-18(28)27-8-5-13(6-9-27)29-11-15-21-17(31-24-15)12-4-7-20-14(10-12)16-22-25-26-23-16/h4,7,10,13H,5-6,8-9,11H2,1-3H3,(H,22,23,25,26). The molecule has 0 atom stereocenters. The number of hydrogen-bond acceptors (Lipinski definition) is 10. The number of likely N-dealkylation sites (tertiary alicyclic amines) is 1. The fourth-order valence-corrected chi connectivity index (χ4v) is 3.11. The van der Waals surface area contributed by atoms with Crippen LogP contribution in [0, 0.1) is 0 Å². The van der Waals surface area contributed by atoms with Gasteiger partial charge in [-0.1, -0.05) is 5.16 Å². The Bertz CT molecular complexity index is 1010.